The number of esters is 3. The Morgan fingerprint density at radius 2 is 0.634 bits per heavy atom. The number of aliphatic hydroxyl groups excluding tert-OH is 1. The zero-order valence-electron chi connectivity index (χ0n) is 53.2. The molecule has 12 heteroatoms. The summed E-state index contributed by atoms with van der Waals surface area (Å²) in [5.41, 5.74) is 0. The fraction of sp³-hybridized carbons (Fsp3) is 0.814. The molecule has 0 radical (unpaired) electrons. The highest BCUT2D eigenvalue weighted by Crippen LogP contribution is 2.43. The summed E-state index contributed by atoms with van der Waals surface area (Å²) in [7, 11) is -4.76. The number of carbonyl (C=O) groups is 3. The third-order valence-electron chi connectivity index (χ3n) is 15.0. The van der Waals surface area contributed by atoms with E-state index in [1.54, 1.807) is 0 Å². The second kappa shape index (κ2) is 64.2. The van der Waals surface area contributed by atoms with Gasteiger partial charge in [0, 0.05) is 19.3 Å². The molecule has 3 unspecified atom stereocenters. The number of phosphoric ester groups is 1. The molecule has 0 aliphatic rings. The zero-order valence-corrected chi connectivity index (χ0v) is 54.1. The van der Waals surface area contributed by atoms with Gasteiger partial charge in [-0.25, -0.2) is 4.57 Å². The van der Waals surface area contributed by atoms with Crippen molar-refractivity contribution in [1.29, 1.82) is 0 Å². The van der Waals surface area contributed by atoms with Crippen LogP contribution >= 0.6 is 7.82 Å². The Morgan fingerprint density at radius 1 is 0.354 bits per heavy atom. The maximum atomic E-state index is 13.0. The topological polar surface area (TPSA) is 155 Å². The Labute approximate surface area is 504 Å². The molecule has 0 amide bonds. The second-order valence-electron chi connectivity index (χ2n) is 23.0. The second-order valence-corrected chi connectivity index (χ2v) is 24.4. The van der Waals surface area contributed by atoms with Gasteiger partial charge in [0.1, 0.15) is 12.7 Å². The van der Waals surface area contributed by atoms with Gasteiger partial charge < -0.3 is 24.2 Å². The lowest BCUT2D eigenvalue weighted by molar-refractivity contribution is -0.161. The molecule has 0 saturated heterocycles. The van der Waals surface area contributed by atoms with Crippen LogP contribution in [0.1, 0.15) is 329 Å². The average molecular weight is 1180 g/mol. The van der Waals surface area contributed by atoms with E-state index < -0.39 is 57.8 Å². The normalized spacial score (nSPS) is 13.6. The van der Waals surface area contributed by atoms with Crippen molar-refractivity contribution in [3.8, 4) is 0 Å². The number of hydrogen-bond acceptors (Lipinski definition) is 10. The minimum absolute atomic E-state index is 0.164. The van der Waals surface area contributed by atoms with E-state index in [4.69, 9.17) is 23.3 Å². The summed E-state index contributed by atoms with van der Waals surface area (Å²) in [5, 5.41) is 9.87. The molecule has 0 heterocycles. The first-order valence-corrected chi connectivity index (χ1v) is 35.7. The van der Waals surface area contributed by atoms with E-state index >= 15 is 0 Å². The highest BCUT2D eigenvalue weighted by Gasteiger charge is 2.28. The van der Waals surface area contributed by atoms with Crippen LogP contribution in [-0.4, -0.2) is 66.5 Å². The smallest absolute Gasteiger partial charge is 0.462 e. The van der Waals surface area contributed by atoms with Gasteiger partial charge in [0.15, 0.2) is 6.10 Å². The minimum Gasteiger partial charge on any atom is -0.462 e. The monoisotopic (exact) mass is 1170 g/mol. The van der Waals surface area contributed by atoms with Crippen molar-refractivity contribution in [2.24, 2.45) is 0 Å². The minimum atomic E-state index is -4.76. The predicted molar refractivity (Wildman–Crippen MR) is 344 cm³/mol. The van der Waals surface area contributed by atoms with Crippen LogP contribution in [0.15, 0.2) is 60.8 Å². The Hall–Kier alpha value is -2.82. The molecular formula is C70H127O11P. The molecule has 0 aliphatic carbocycles. The number of allylic oxidation sites excluding steroid dienone is 10. The number of hydrogen-bond donors (Lipinski definition) is 2. The van der Waals surface area contributed by atoms with Gasteiger partial charge in [-0.05, 0) is 64.2 Å². The molecule has 2 N–H and O–H groups in total. The molecule has 0 spiro atoms. The van der Waals surface area contributed by atoms with Crippen LogP contribution in [0.5, 0.6) is 0 Å². The molecule has 0 saturated carbocycles. The van der Waals surface area contributed by atoms with Crippen molar-refractivity contribution >= 4 is 25.7 Å². The van der Waals surface area contributed by atoms with Crippen LogP contribution in [0.3, 0.4) is 0 Å². The number of rotatable bonds is 64. The van der Waals surface area contributed by atoms with Gasteiger partial charge in [0.2, 0.25) is 0 Å². The molecule has 0 aromatic rings. The Morgan fingerprint density at radius 3 is 0.976 bits per heavy atom. The predicted octanol–water partition coefficient (Wildman–Crippen LogP) is 21.0. The molecule has 0 aromatic heterocycles. The van der Waals surface area contributed by atoms with E-state index in [0.29, 0.717) is 19.3 Å². The van der Waals surface area contributed by atoms with Gasteiger partial charge in [-0.1, -0.05) is 306 Å². The lowest BCUT2D eigenvalue weighted by Gasteiger charge is -2.21. The summed E-state index contributed by atoms with van der Waals surface area (Å²) < 4.78 is 39.8. The third kappa shape index (κ3) is 61.7. The first-order valence-electron chi connectivity index (χ1n) is 34.2. The summed E-state index contributed by atoms with van der Waals surface area (Å²) >= 11 is 0. The molecule has 0 rings (SSSR count). The fourth-order valence-electron chi connectivity index (χ4n) is 9.80. The summed E-state index contributed by atoms with van der Waals surface area (Å²) in [6.45, 7) is 4.58. The Balaban J connectivity index is 4.70. The van der Waals surface area contributed by atoms with Crippen molar-refractivity contribution in [2.75, 3.05) is 26.4 Å². The summed E-state index contributed by atoms with van der Waals surface area (Å²) in [6.07, 6.45) is 73.1. The van der Waals surface area contributed by atoms with E-state index in [1.165, 1.54) is 180 Å². The van der Waals surface area contributed by atoms with E-state index in [2.05, 4.69) is 81.5 Å². The van der Waals surface area contributed by atoms with Crippen molar-refractivity contribution in [2.45, 2.75) is 341 Å². The quantitative estimate of drug-likeness (QED) is 0.0197. The molecule has 0 aromatic carbocycles. The van der Waals surface area contributed by atoms with Gasteiger partial charge in [-0.2, -0.15) is 0 Å². The van der Waals surface area contributed by atoms with Gasteiger partial charge in [-0.3, -0.25) is 23.4 Å². The number of ether oxygens (including phenoxy) is 3. The van der Waals surface area contributed by atoms with Crippen LogP contribution in [0.25, 0.3) is 0 Å². The number of unbranched alkanes of at least 4 members (excludes halogenated alkanes) is 37. The highest BCUT2D eigenvalue weighted by atomic mass is 31.2. The van der Waals surface area contributed by atoms with Crippen molar-refractivity contribution < 1.29 is 52.2 Å². The average Bonchev–Trinajstić information content (AvgIpc) is 3.47. The fourth-order valence-corrected chi connectivity index (χ4v) is 10.6. The molecule has 3 atom stereocenters. The molecule has 82 heavy (non-hydrogen) atoms. The number of aliphatic hydroxyl groups is 1. The standard InChI is InChI=1S/C70H127O11P/c1-4-7-10-13-16-19-22-25-28-31-33-36-38-41-44-47-50-53-56-59-68(72)77-63-67(81-70(74)61-58-55-52-49-46-43-40-37-34-32-29-26-23-20-17-14-11-8-5-2)65-79-82(75,76)78-64-66(62-71)80-69(73)60-57-54-51-48-45-42-39-35-30-27-24-21-18-15-12-9-6-3/h7,10,16,19,25,28,33,36,41,44,66-67,71H,4-6,8-9,11-15,17-18,20-24,26-27,29-32,34-35,37-40,42-43,45-65H2,1-3H3,(H,75,76)/b10-7-,19-16-,28-25-,36-33-,44-41-. The molecule has 0 bridgehead atoms. The first kappa shape index (κ1) is 79.2. The van der Waals surface area contributed by atoms with E-state index in [9.17, 15) is 28.9 Å². The SMILES string of the molecule is CC/C=C\C/C=C\C/C=C\C/C=C\C/C=C\CCCCCC(=O)OCC(COP(=O)(O)OCC(CO)OC(=O)CCCCCCCCCCCCCCCCCCC)OC(=O)CCCCCCCCCCCCCCCCCCCCC. The van der Waals surface area contributed by atoms with E-state index in [0.717, 1.165) is 89.9 Å². The number of phosphoric acid groups is 1. The molecule has 0 aliphatic heterocycles. The van der Waals surface area contributed by atoms with Crippen LogP contribution in [0.4, 0.5) is 0 Å². The van der Waals surface area contributed by atoms with Gasteiger partial charge >= 0.3 is 25.7 Å². The van der Waals surface area contributed by atoms with Crippen molar-refractivity contribution in [3.05, 3.63) is 60.8 Å². The summed E-state index contributed by atoms with van der Waals surface area (Å²) in [4.78, 5) is 48.9. The maximum Gasteiger partial charge on any atom is 0.472 e. The van der Waals surface area contributed by atoms with Crippen molar-refractivity contribution in [1.82, 2.24) is 0 Å². The first-order chi connectivity index (χ1) is 40.2. The van der Waals surface area contributed by atoms with Crippen LogP contribution in [-0.2, 0) is 42.2 Å². The highest BCUT2D eigenvalue weighted by molar-refractivity contribution is 7.47. The van der Waals surface area contributed by atoms with E-state index in [1.807, 2.05) is 0 Å². The largest absolute Gasteiger partial charge is 0.472 e. The zero-order chi connectivity index (χ0) is 59.8. The van der Waals surface area contributed by atoms with Crippen molar-refractivity contribution in [3.63, 3.8) is 0 Å². The van der Waals surface area contributed by atoms with E-state index in [-0.39, 0.29) is 25.9 Å². The van der Waals surface area contributed by atoms with Gasteiger partial charge in [0.25, 0.3) is 0 Å². The van der Waals surface area contributed by atoms with Crippen LogP contribution < -0.4 is 0 Å². The Kier molecular flexibility index (Phi) is 62.0. The van der Waals surface area contributed by atoms with Gasteiger partial charge in [0.05, 0.1) is 19.8 Å². The lowest BCUT2D eigenvalue weighted by Crippen LogP contribution is -2.30. The van der Waals surface area contributed by atoms with Crippen LogP contribution in [0.2, 0.25) is 0 Å². The maximum absolute atomic E-state index is 13.0. The summed E-state index contributed by atoms with van der Waals surface area (Å²) in [6, 6.07) is 0. The molecule has 478 valence electrons. The molecule has 0 fully saturated rings. The van der Waals surface area contributed by atoms with Crippen LogP contribution in [0, 0.1) is 0 Å². The molecule has 11 nitrogen and oxygen atoms in total. The summed E-state index contributed by atoms with van der Waals surface area (Å²) in [5.74, 6) is -1.48. The third-order valence-corrected chi connectivity index (χ3v) is 15.9. The Bertz CT molecular complexity index is 1610. The number of carbonyl (C=O) groups excluding carboxylic acids is 3. The molecular weight excluding hydrogens is 1050 g/mol. The lowest BCUT2D eigenvalue weighted by atomic mass is 10.0. The van der Waals surface area contributed by atoms with Gasteiger partial charge in [-0.15, -0.1) is 0 Å².